The van der Waals surface area contributed by atoms with E-state index in [2.05, 4.69) is 17.6 Å². The molecule has 2 unspecified atom stereocenters. The van der Waals surface area contributed by atoms with Crippen LogP contribution in [0.5, 0.6) is 0 Å². The molecule has 2 fully saturated rings. The van der Waals surface area contributed by atoms with E-state index in [1.54, 1.807) is 0 Å². The first-order chi connectivity index (χ1) is 7.75. The quantitative estimate of drug-likeness (QED) is 0.799. The molecular weight excluding hydrogens is 236 g/mol. The van der Waals surface area contributed by atoms with Crippen molar-refractivity contribution in [3.8, 4) is 0 Å². The molecule has 0 spiro atoms. The van der Waals surface area contributed by atoms with Crippen LogP contribution in [0.2, 0.25) is 0 Å². The molecule has 1 aliphatic heterocycles. The smallest absolute Gasteiger partial charge is 0.224 e. The van der Waals surface area contributed by atoms with Crippen LogP contribution in [-0.2, 0) is 4.79 Å². The Morgan fingerprint density at radius 1 is 1.24 bits per heavy atom. The largest absolute Gasteiger partial charge is 0.353 e. The van der Waals surface area contributed by atoms with Crippen molar-refractivity contribution in [2.24, 2.45) is 11.8 Å². The van der Waals surface area contributed by atoms with E-state index in [0.29, 0.717) is 6.04 Å². The van der Waals surface area contributed by atoms with Crippen molar-refractivity contribution < 1.29 is 4.79 Å². The van der Waals surface area contributed by atoms with Crippen LogP contribution >= 0.6 is 12.4 Å². The van der Waals surface area contributed by atoms with Crippen LogP contribution in [-0.4, -0.2) is 25.0 Å². The highest BCUT2D eigenvalue weighted by Crippen LogP contribution is 2.24. The van der Waals surface area contributed by atoms with Gasteiger partial charge in [0.05, 0.1) is 5.92 Å². The summed E-state index contributed by atoms with van der Waals surface area (Å²) in [4.78, 5) is 12.0. The van der Waals surface area contributed by atoms with Gasteiger partial charge in [-0.05, 0) is 38.1 Å². The first kappa shape index (κ1) is 14.8. The summed E-state index contributed by atoms with van der Waals surface area (Å²) in [5.74, 6) is 1.28. The molecule has 0 bridgehead atoms. The van der Waals surface area contributed by atoms with E-state index in [1.807, 2.05) is 0 Å². The van der Waals surface area contributed by atoms with Crippen LogP contribution < -0.4 is 10.6 Å². The Bertz CT molecular complexity index is 242. The molecule has 0 radical (unpaired) electrons. The molecule has 17 heavy (non-hydrogen) atoms. The van der Waals surface area contributed by atoms with E-state index >= 15 is 0 Å². The average molecular weight is 261 g/mol. The lowest BCUT2D eigenvalue weighted by atomic mass is 9.86. The first-order valence-electron chi connectivity index (χ1n) is 6.77. The third-order valence-electron chi connectivity index (χ3n) is 3.95. The zero-order valence-electron chi connectivity index (χ0n) is 10.7. The van der Waals surface area contributed by atoms with Crippen molar-refractivity contribution in [2.45, 2.75) is 51.5 Å². The van der Waals surface area contributed by atoms with Crippen LogP contribution in [0.1, 0.15) is 45.4 Å². The lowest BCUT2D eigenvalue weighted by Crippen LogP contribution is -2.45. The van der Waals surface area contributed by atoms with Gasteiger partial charge < -0.3 is 10.6 Å². The molecule has 1 saturated heterocycles. The van der Waals surface area contributed by atoms with E-state index in [4.69, 9.17) is 0 Å². The lowest BCUT2D eigenvalue weighted by molar-refractivity contribution is -0.126. The third kappa shape index (κ3) is 4.47. The van der Waals surface area contributed by atoms with Crippen molar-refractivity contribution >= 4 is 18.3 Å². The number of piperidine rings is 1. The molecule has 2 N–H and O–H groups in total. The Balaban J connectivity index is 0.00000144. The van der Waals surface area contributed by atoms with Gasteiger partial charge in [-0.2, -0.15) is 0 Å². The molecule has 2 aliphatic rings. The highest BCUT2D eigenvalue weighted by molar-refractivity contribution is 5.85. The van der Waals surface area contributed by atoms with E-state index < -0.39 is 0 Å². The maximum Gasteiger partial charge on any atom is 0.224 e. The molecule has 2 rings (SSSR count). The minimum Gasteiger partial charge on any atom is -0.353 e. The van der Waals surface area contributed by atoms with Gasteiger partial charge in [0.2, 0.25) is 5.91 Å². The molecule has 1 saturated carbocycles. The average Bonchev–Trinajstić information content (AvgIpc) is 2.30. The fraction of sp³-hybridized carbons (Fsp3) is 0.923. The van der Waals surface area contributed by atoms with Gasteiger partial charge in [-0.1, -0.05) is 19.8 Å². The van der Waals surface area contributed by atoms with Gasteiger partial charge in [-0.25, -0.2) is 0 Å². The zero-order chi connectivity index (χ0) is 11.4. The van der Waals surface area contributed by atoms with Gasteiger partial charge in [-0.3, -0.25) is 4.79 Å². The summed E-state index contributed by atoms with van der Waals surface area (Å²) in [7, 11) is 0. The molecule has 0 aromatic heterocycles. The van der Waals surface area contributed by atoms with Gasteiger partial charge in [0.1, 0.15) is 0 Å². The second-order valence-electron chi connectivity index (χ2n) is 5.52. The van der Waals surface area contributed by atoms with Gasteiger partial charge in [0.25, 0.3) is 0 Å². The number of hydrogen-bond acceptors (Lipinski definition) is 2. The number of nitrogens with one attached hydrogen (secondary N) is 2. The van der Waals surface area contributed by atoms with Crippen LogP contribution in [0.15, 0.2) is 0 Å². The van der Waals surface area contributed by atoms with Crippen molar-refractivity contribution in [1.29, 1.82) is 0 Å². The number of halogens is 1. The van der Waals surface area contributed by atoms with Gasteiger partial charge in [0.15, 0.2) is 0 Å². The number of carbonyl (C=O) groups is 1. The topological polar surface area (TPSA) is 41.1 Å². The van der Waals surface area contributed by atoms with Crippen molar-refractivity contribution in [3.63, 3.8) is 0 Å². The van der Waals surface area contributed by atoms with Crippen LogP contribution in [0.3, 0.4) is 0 Å². The molecule has 1 heterocycles. The predicted octanol–water partition coefficient (Wildman–Crippen LogP) is 2.10. The summed E-state index contributed by atoms with van der Waals surface area (Å²) in [6.45, 7) is 4.23. The van der Waals surface area contributed by atoms with Crippen molar-refractivity contribution in [2.75, 3.05) is 13.1 Å². The fourth-order valence-corrected chi connectivity index (χ4v) is 2.96. The summed E-state index contributed by atoms with van der Waals surface area (Å²) in [5, 5.41) is 6.54. The molecule has 4 heteroatoms. The second-order valence-corrected chi connectivity index (χ2v) is 5.52. The molecule has 3 atom stereocenters. The molecule has 0 aromatic carbocycles. The Kier molecular flexibility index (Phi) is 6.28. The van der Waals surface area contributed by atoms with Gasteiger partial charge >= 0.3 is 0 Å². The Hall–Kier alpha value is -0.280. The monoisotopic (exact) mass is 260 g/mol. The number of rotatable bonds is 2. The maximum absolute atomic E-state index is 12.0. The number of hydrogen-bond donors (Lipinski definition) is 2. The Morgan fingerprint density at radius 3 is 2.71 bits per heavy atom. The lowest BCUT2D eigenvalue weighted by Gasteiger charge is -2.30. The highest BCUT2D eigenvalue weighted by Gasteiger charge is 2.25. The summed E-state index contributed by atoms with van der Waals surface area (Å²) >= 11 is 0. The van der Waals surface area contributed by atoms with Crippen LogP contribution in [0.25, 0.3) is 0 Å². The zero-order valence-corrected chi connectivity index (χ0v) is 11.5. The molecule has 3 nitrogen and oxygen atoms in total. The van der Waals surface area contributed by atoms with Crippen molar-refractivity contribution in [1.82, 2.24) is 10.6 Å². The van der Waals surface area contributed by atoms with E-state index in [-0.39, 0.29) is 24.2 Å². The van der Waals surface area contributed by atoms with E-state index in [0.717, 1.165) is 31.8 Å². The highest BCUT2D eigenvalue weighted by atomic mass is 35.5. The fourth-order valence-electron chi connectivity index (χ4n) is 2.96. The van der Waals surface area contributed by atoms with Crippen molar-refractivity contribution in [3.05, 3.63) is 0 Å². The second kappa shape index (κ2) is 7.22. The summed E-state index contributed by atoms with van der Waals surface area (Å²) < 4.78 is 0. The molecule has 1 amide bonds. The minimum atomic E-state index is 0. The number of carbonyl (C=O) groups excluding carboxylic acids is 1. The van der Waals surface area contributed by atoms with Gasteiger partial charge in [-0.15, -0.1) is 12.4 Å². The van der Waals surface area contributed by atoms with Crippen LogP contribution in [0, 0.1) is 11.8 Å². The third-order valence-corrected chi connectivity index (χ3v) is 3.95. The summed E-state index contributed by atoms with van der Waals surface area (Å²) in [6.07, 6.45) is 7.15. The Labute approximate surface area is 111 Å². The Morgan fingerprint density at radius 2 is 2.06 bits per heavy atom. The molecule has 100 valence electrons. The number of amides is 1. The first-order valence-corrected chi connectivity index (χ1v) is 6.77. The van der Waals surface area contributed by atoms with E-state index in [1.165, 1.54) is 25.7 Å². The normalized spacial score (nSPS) is 33.6. The molecule has 0 aromatic rings. The predicted molar refractivity (Wildman–Crippen MR) is 72.4 cm³/mol. The molecule has 1 aliphatic carbocycles. The maximum atomic E-state index is 12.0. The van der Waals surface area contributed by atoms with Gasteiger partial charge in [0, 0.05) is 12.6 Å². The molecular formula is C13H25ClN2O. The summed E-state index contributed by atoms with van der Waals surface area (Å²) in [6, 6.07) is 0.443. The standard InChI is InChI=1S/C13H24N2O.ClH/c1-10-4-2-6-12(8-10)15-13(16)11-5-3-7-14-9-11;/h10-12,14H,2-9H2,1H3,(H,15,16);1H/t10?,11-,12?;/m1./s1. The van der Waals surface area contributed by atoms with Crippen LogP contribution in [0.4, 0.5) is 0 Å². The van der Waals surface area contributed by atoms with E-state index in [9.17, 15) is 4.79 Å². The minimum absolute atomic E-state index is 0. The SMILES string of the molecule is CC1CCCC(NC(=O)[C@@H]2CCCNC2)C1.Cl. The summed E-state index contributed by atoms with van der Waals surface area (Å²) in [5.41, 5.74) is 0.